The van der Waals surface area contributed by atoms with Crippen LogP contribution in [-0.4, -0.2) is 49.1 Å². The fraction of sp³-hybridized carbons (Fsp3) is 0.619. The minimum Gasteiger partial charge on any atom is -0.484 e. The summed E-state index contributed by atoms with van der Waals surface area (Å²) in [5.74, 6) is 1.09. The number of hydrogen-bond acceptors (Lipinski definition) is 4. The predicted octanol–water partition coefficient (Wildman–Crippen LogP) is 3.22. The van der Waals surface area contributed by atoms with E-state index in [4.69, 9.17) is 9.47 Å². The number of carbonyl (C=O) groups is 2. The number of likely N-dealkylation sites (tertiary alicyclic amines) is 1. The summed E-state index contributed by atoms with van der Waals surface area (Å²) in [5.41, 5.74) is 0.645. The number of nitrogens with zero attached hydrogens (tertiary/aromatic N) is 1. The topological polar surface area (TPSA) is 67.9 Å². The fourth-order valence-electron chi connectivity index (χ4n) is 3.79. The SMILES string of the molecule is CC1CCCC(OCC(=O)Nc2cccc(OCC(=O)N3CCCC3)c2)C1. The number of benzene rings is 1. The van der Waals surface area contributed by atoms with Crippen LogP contribution in [0.15, 0.2) is 24.3 Å². The standard InChI is InChI=1S/C21H30N2O4/c1-16-6-4-8-18(12-16)26-14-20(24)22-17-7-5-9-19(13-17)27-15-21(25)23-10-2-3-11-23/h5,7,9,13,16,18H,2-4,6,8,10-12,14-15H2,1H3,(H,22,24). The molecule has 1 heterocycles. The molecule has 6 nitrogen and oxygen atoms in total. The minimum atomic E-state index is -0.168. The molecular weight excluding hydrogens is 344 g/mol. The largest absolute Gasteiger partial charge is 0.484 e. The molecule has 1 aliphatic carbocycles. The van der Waals surface area contributed by atoms with Crippen molar-refractivity contribution in [1.29, 1.82) is 0 Å². The summed E-state index contributed by atoms with van der Waals surface area (Å²) in [6.45, 7) is 3.96. The van der Waals surface area contributed by atoms with Crippen LogP contribution in [0.4, 0.5) is 5.69 Å². The Labute approximate surface area is 161 Å². The highest BCUT2D eigenvalue weighted by Crippen LogP contribution is 2.25. The van der Waals surface area contributed by atoms with Crippen LogP contribution in [0.3, 0.4) is 0 Å². The van der Waals surface area contributed by atoms with Gasteiger partial charge in [0, 0.05) is 24.8 Å². The summed E-state index contributed by atoms with van der Waals surface area (Å²) in [4.78, 5) is 26.0. The number of hydrogen-bond donors (Lipinski definition) is 1. The van der Waals surface area contributed by atoms with E-state index in [9.17, 15) is 9.59 Å². The van der Waals surface area contributed by atoms with Crippen LogP contribution in [0.5, 0.6) is 5.75 Å². The molecule has 148 valence electrons. The molecule has 2 atom stereocenters. The average molecular weight is 374 g/mol. The molecule has 6 heteroatoms. The van der Waals surface area contributed by atoms with Crippen molar-refractivity contribution < 1.29 is 19.1 Å². The minimum absolute atomic E-state index is 0.0112. The van der Waals surface area contributed by atoms with E-state index >= 15 is 0 Å². The third kappa shape index (κ3) is 6.24. The van der Waals surface area contributed by atoms with Crippen LogP contribution in [0.25, 0.3) is 0 Å². The van der Waals surface area contributed by atoms with E-state index in [-0.39, 0.29) is 31.1 Å². The van der Waals surface area contributed by atoms with Gasteiger partial charge in [-0.25, -0.2) is 0 Å². The summed E-state index contributed by atoms with van der Waals surface area (Å²) >= 11 is 0. The van der Waals surface area contributed by atoms with Crippen LogP contribution in [0.2, 0.25) is 0 Å². The van der Waals surface area contributed by atoms with E-state index in [1.165, 1.54) is 12.8 Å². The average Bonchev–Trinajstić information content (AvgIpc) is 3.20. The molecule has 1 saturated heterocycles. The predicted molar refractivity (Wildman–Crippen MR) is 104 cm³/mol. The maximum absolute atomic E-state index is 12.2. The first kappa shape index (κ1) is 19.7. The lowest BCUT2D eigenvalue weighted by Crippen LogP contribution is -2.32. The molecule has 2 aliphatic rings. The number of nitrogens with one attached hydrogen (secondary N) is 1. The van der Waals surface area contributed by atoms with Gasteiger partial charge in [-0.15, -0.1) is 0 Å². The van der Waals surface area contributed by atoms with Gasteiger partial charge in [0.25, 0.3) is 5.91 Å². The normalized spacial score (nSPS) is 22.5. The molecule has 1 N–H and O–H groups in total. The van der Waals surface area contributed by atoms with E-state index in [0.717, 1.165) is 38.8 Å². The molecule has 1 aromatic rings. The van der Waals surface area contributed by atoms with Gasteiger partial charge in [0.1, 0.15) is 12.4 Å². The number of rotatable bonds is 7. The molecule has 2 amide bonds. The smallest absolute Gasteiger partial charge is 0.260 e. The van der Waals surface area contributed by atoms with Gasteiger partial charge in [-0.3, -0.25) is 9.59 Å². The van der Waals surface area contributed by atoms with Gasteiger partial charge in [0.15, 0.2) is 6.61 Å². The highest BCUT2D eigenvalue weighted by atomic mass is 16.5. The molecular formula is C21H30N2O4. The molecule has 0 bridgehead atoms. The first-order chi connectivity index (χ1) is 13.1. The molecule has 2 fully saturated rings. The van der Waals surface area contributed by atoms with Crippen molar-refractivity contribution in [2.45, 2.75) is 51.6 Å². The zero-order valence-electron chi connectivity index (χ0n) is 16.1. The Morgan fingerprint density at radius 2 is 1.96 bits per heavy atom. The van der Waals surface area contributed by atoms with E-state index in [0.29, 0.717) is 17.4 Å². The number of amides is 2. The maximum atomic E-state index is 12.2. The highest BCUT2D eigenvalue weighted by molar-refractivity contribution is 5.91. The number of ether oxygens (including phenoxy) is 2. The van der Waals surface area contributed by atoms with E-state index in [1.54, 1.807) is 24.3 Å². The third-order valence-electron chi connectivity index (χ3n) is 5.28. The quantitative estimate of drug-likeness (QED) is 0.796. The summed E-state index contributed by atoms with van der Waals surface area (Å²) < 4.78 is 11.4. The van der Waals surface area contributed by atoms with Gasteiger partial charge in [-0.1, -0.05) is 25.8 Å². The van der Waals surface area contributed by atoms with Crippen molar-refractivity contribution in [2.75, 3.05) is 31.6 Å². The first-order valence-electron chi connectivity index (χ1n) is 10.0. The van der Waals surface area contributed by atoms with Crippen molar-refractivity contribution in [1.82, 2.24) is 4.90 Å². The Morgan fingerprint density at radius 1 is 1.15 bits per heavy atom. The summed E-state index contributed by atoms with van der Waals surface area (Å²) in [7, 11) is 0. The van der Waals surface area contributed by atoms with E-state index < -0.39 is 0 Å². The second kappa shape index (κ2) is 9.74. The first-order valence-corrected chi connectivity index (χ1v) is 10.0. The molecule has 3 rings (SSSR count). The summed E-state index contributed by atoms with van der Waals surface area (Å²) in [5, 5.41) is 2.84. The van der Waals surface area contributed by atoms with E-state index in [1.807, 2.05) is 4.90 Å². The molecule has 27 heavy (non-hydrogen) atoms. The fourth-order valence-corrected chi connectivity index (χ4v) is 3.79. The molecule has 2 unspecified atom stereocenters. The van der Waals surface area contributed by atoms with Gasteiger partial charge in [-0.05, 0) is 43.7 Å². The van der Waals surface area contributed by atoms with Gasteiger partial charge < -0.3 is 19.7 Å². The van der Waals surface area contributed by atoms with Gasteiger partial charge >= 0.3 is 0 Å². The zero-order valence-corrected chi connectivity index (χ0v) is 16.1. The van der Waals surface area contributed by atoms with E-state index in [2.05, 4.69) is 12.2 Å². The summed E-state index contributed by atoms with van der Waals surface area (Å²) in [6.07, 6.45) is 6.80. The second-order valence-corrected chi connectivity index (χ2v) is 7.66. The van der Waals surface area contributed by atoms with Crippen molar-refractivity contribution in [3.8, 4) is 5.75 Å². The van der Waals surface area contributed by atoms with Gasteiger partial charge in [0.05, 0.1) is 6.10 Å². The van der Waals surface area contributed by atoms with Gasteiger partial charge in [-0.2, -0.15) is 0 Å². The second-order valence-electron chi connectivity index (χ2n) is 7.66. The van der Waals surface area contributed by atoms with Crippen LogP contribution >= 0.6 is 0 Å². The maximum Gasteiger partial charge on any atom is 0.260 e. The Morgan fingerprint density at radius 3 is 2.74 bits per heavy atom. The lowest BCUT2D eigenvalue weighted by atomic mass is 9.89. The molecule has 1 aliphatic heterocycles. The molecule has 0 spiro atoms. The number of carbonyl (C=O) groups excluding carboxylic acids is 2. The van der Waals surface area contributed by atoms with Crippen molar-refractivity contribution in [3.63, 3.8) is 0 Å². The molecule has 1 aromatic carbocycles. The van der Waals surface area contributed by atoms with Crippen LogP contribution in [-0.2, 0) is 14.3 Å². The monoisotopic (exact) mass is 374 g/mol. The third-order valence-corrected chi connectivity index (χ3v) is 5.28. The summed E-state index contributed by atoms with van der Waals surface area (Å²) in [6, 6.07) is 7.12. The van der Waals surface area contributed by atoms with Crippen LogP contribution in [0.1, 0.15) is 45.4 Å². The van der Waals surface area contributed by atoms with Crippen LogP contribution in [0, 0.1) is 5.92 Å². The van der Waals surface area contributed by atoms with Gasteiger partial charge in [0.2, 0.25) is 5.91 Å². The Bertz CT molecular complexity index is 643. The van der Waals surface area contributed by atoms with Crippen molar-refractivity contribution in [3.05, 3.63) is 24.3 Å². The Kier molecular flexibility index (Phi) is 7.10. The number of anilines is 1. The Hall–Kier alpha value is -2.08. The zero-order chi connectivity index (χ0) is 19.1. The highest BCUT2D eigenvalue weighted by Gasteiger charge is 2.20. The van der Waals surface area contributed by atoms with Crippen molar-refractivity contribution in [2.24, 2.45) is 5.92 Å². The lowest BCUT2D eigenvalue weighted by molar-refractivity contribution is -0.132. The molecule has 1 saturated carbocycles. The molecule has 0 aromatic heterocycles. The Balaban J connectivity index is 1.42. The molecule has 0 radical (unpaired) electrons. The van der Waals surface area contributed by atoms with Crippen molar-refractivity contribution >= 4 is 17.5 Å². The lowest BCUT2D eigenvalue weighted by Gasteiger charge is -2.26. The van der Waals surface area contributed by atoms with Crippen LogP contribution < -0.4 is 10.1 Å².